The first-order valence-corrected chi connectivity index (χ1v) is 15.6. The van der Waals surface area contributed by atoms with E-state index in [1.54, 1.807) is 19.4 Å². The van der Waals surface area contributed by atoms with Gasteiger partial charge in [0.05, 0.1) is 12.0 Å². The van der Waals surface area contributed by atoms with E-state index in [-0.39, 0.29) is 11.3 Å². The number of carbonyl (C=O) groups is 1. The minimum absolute atomic E-state index is 0.00735. The van der Waals surface area contributed by atoms with E-state index in [4.69, 9.17) is 9.02 Å². The number of aryl methyl sites for hydroxylation is 2. The molecule has 1 aromatic heterocycles. The molecule has 0 aliphatic heterocycles. The third-order valence-corrected chi connectivity index (χ3v) is 9.95. The van der Waals surface area contributed by atoms with Crippen LogP contribution in [0.4, 0.5) is 5.13 Å². The Morgan fingerprint density at radius 1 is 1.32 bits per heavy atom. The first-order valence-electron chi connectivity index (χ1n) is 12.9. The van der Waals surface area contributed by atoms with Gasteiger partial charge in [-0.25, -0.2) is 4.98 Å². The van der Waals surface area contributed by atoms with E-state index in [1.807, 2.05) is 13.0 Å². The van der Waals surface area contributed by atoms with Crippen LogP contribution in [-0.2, 0) is 26.2 Å². The number of rotatable bonds is 7. The third-order valence-electron chi connectivity index (χ3n) is 8.63. The van der Waals surface area contributed by atoms with Crippen LogP contribution < -0.4 is 9.50 Å². The van der Waals surface area contributed by atoms with Gasteiger partial charge in [-0.1, -0.05) is 18.1 Å². The number of hydrogen-bond donors (Lipinski definition) is 1. The third kappa shape index (κ3) is 5.27. The average molecular weight is 546 g/mol. The molecule has 0 radical (unpaired) electrons. The number of hydrogen-bond acceptors (Lipinski definition) is 8. The van der Waals surface area contributed by atoms with Gasteiger partial charge in [0.1, 0.15) is 12.9 Å². The summed E-state index contributed by atoms with van der Waals surface area (Å²) in [5.74, 6) is 2.04. The van der Waals surface area contributed by atoms with Gasteiger partial charge >= 0.3 is 10.1 Å². The molecule has 2 fully saturated rings. The molecule has 200 valence electrons. The smallest absolute Gasteiger partial charge is 0.306 e. The maximum Gasteiger partial charge on any atom is 0.306 e. The van der Waals surface area contributed by atoms with Crippen molar-refractivity contribution < 1.29 is 22.2 Å². The van der Waals surface area contributed by atoms with Gasteiger partial charge in [-0.3, -0.25) is 4.79 Å². The van der Waals surface area contributed by atoms with Crippen LogP contribution in [0.25, 0.3) is 0 Å². The predicted octanol–water partition coefficient (Wildman–Crippen LogP) is 5.29. The molecule has 1 heterocycles. The number of nitrogens with one attached hydrogen (secondary N) is 1. The van der Waals surface area contributed by atoms with Gasteiger partial charge in [-0.05, 0) is 92.4 Å². The fourth-order valence-corrected chi connectivity index (χ4v) is 8.43. The lowest BCUT2D eigenvalue weighted by Gasteiger charge is -2.50. The number of anilines is 1. The minimum atomic E-state index is -3.56. The molecule has 1 N–H and O–H groups in total. The molecule has 3 aliphatic rings. The molecule has 10 heteroatoms. The highest BCUT2D eigenvalue weighted by molar-refractivity contribution is 7.86. The maximum absolute atomic E-state index is 12.7. The largest absolute Gasteiger partial charge is 0.399 e. The van der Waals surface area contributed by atoms with Crippen LogP contribution in [0.5, 0.6) is 5.75 Å². The maximum atomic E-state index is 12.7. The topological polar surface area (TPSA) is 107 Å². The number of benzene rings is 1. The lowest BCUT2D eigenvalue weighted by atomic mass is 9.54. The monoisotopic (exact) mass is 545 g/mol. The second-order valence-electron chi connectivity index (χ2n) is 11.0. The molecule has 0 spiro atoms. The second-order valence-corrected chi connectivity index (χ2v) is 13.8. The highest BCUT2D eigenvalue weighted by Crippen LogP contribution is 2.62. The van der Waals surface area contributed by atoms with Crippen molar-refractivity contribution >= 4 is 38.2 Å². The van der Waals surface area contributed by atoms with E-state index in [2.05, 4.69) is 28.4 Å². The molecule has 5 atom stereocenters. The number of thiazole rings is 1. The Morgan fingerprint density at radius 2 is 2.14 bits per heavy atom. The summed E-state index contributed by atoms with van der Waals surface area (Å²) in [6.07, 6.45) is 8.94. The number of carbonyl (C=O) groups excluding carboxylic acids is 1. The normalized spacial score (nSPS) is 29.8. The summed E-state index contributed by atoms with van der Waals surface area (Å²) in [6, 6.07) is 5.74. The van der Waals surface area contributed by atoms with Crippen molar-refractivity contribution in [2.45, 2.75) is 64.7 Å². The van der Waals surface area contributed by atoms with Crippen LogP contribution in [0.2, 0.25) is 0 Å². The number of oxime groups is 1. The zero-order chi connectivity index (χ0) is 26.4. The number of aromatic nitrogens is 1. The Labute approximate surface area is 223 Å². The molecule has 37 heavy (non-hydrogen) atoms. The first kappa shape index (κ1) is 26.2. The van der Waals surface area contributed by atoms with Crippen molar-refractivity contribution in [3.8, 4) is 5.75 Å². The quantitative estimate of drug-likeness (QED) is 0.374. The molecule has 5 rings (SSSR count). The summed E-state index contributed by atoms with van der Waals surface area (Å²) in [5, 5.41) is 8.10. The number of amides is 1. The van der Waals surface area contributed by atoms with Crippen molar-refractivity contribution in [2.24, 2.45) is 28.3 Å². The molecule has 2 aromatic rings. The predicted molar refractivity (Wildman–Crippen MR) is 145 cm³/mol. The summed E-state index contributed by atoms with van der Waals surface area (Å²) in [5.41, 5.74) is 3.58. The van der Waals surface area contributed by atoms with Crippen molar-refractivity contribution in [3.63, 3.8) is 0 Å². The van der Waals surface area contributed by atoms with Gasteiger partial charge in [0.15, 0.2) is 5.13 Å². The van der Waals surface area contributed by atoms with E-state index in [9.17, 15) is 13.2 Å². The van der Waals surface area contributed by atoms with E-state index in [0.29, 0.717) is 41.0 Å². The van der Waals surface area contributed by atoms with E-state index in [1.165, 1.54) is 22.5 Å². The molecular weight excluding hydrogens is 510 g/mol. The molecule has 1 aromatic carbocycles. The Bertz CT molecular complexity index is 1320. The van der Waals surface area contributed by atoms with E-state index < -0.39 is 10.1 Å². The van der Waals surface area contributed by atoms with Crippen LogP contribution in [-0.4, -0.2) is 38.4 Å². The standard InChI is InChI=1S/C27H35N3O5S2/c1-16-15-28-26(36-16)29-24(31)10-6-18-14-23(30-34-3)27(2)12-11-21-20-9-7-19(35-37(4,32)33)13-17(20)5-8-22(21)25(18)27/h7,9,13,15,18,21-22,25H,5-6,8,10-12,14H2,1-4H3,(H,28,29,31). The summed E-state index contributed by atoms with van der Waals surface area (Å²) in [4.78, 5) is 23.4. The fourth-order valence-electron chi connectivity index (χ4n) is 7.29. The summed E-state index contributed by atoms with van der Waals surface area (Å²) in [6.45, 7) is 4.31. The van der Waals surface area contributed by atoms with Crippen molar-refractivity contribution in [2.75, 3.05) is 18.7 Å². The van der Waals surface area contributed by atoms with Crippen LogP contribution in [0, 0.1) is 30.1 Å². The van der Waals surface area contributed by atoms with Crippen LogP contribution in [0.3, 0.4) is 0 Å². The number of nitrogens with zero attached hydrogens (tertiary/aromatic N) is 2. The zero-order valence-corrected chi connectivity index (χ0v) is 23.5. The van der Waals surface area contributed by atoms with Crippen LogP contribution in [0.1, 0.15) is 67.4 Å². The SMILES string of the molecule is CON=C1CC(CCC(=O)Nc2ncc(C)s2)C2C3CCc4cc(OS(C)(=O)=O)ccc4C3CCC12C. The summed E-state index contributed by atoms with van der Waals surface area (Å²) >= 11 is 1.49. The van der Waals surface area contributed by atoms with Crippen LogP contribution in [0.15, 0.2) is 29.6 Å². The van der Waals surface area contributed by atoms with Crippen molar-refractivity contribution in [1.29, 1.82) is 0 Å². The van der Waals surface area contributed by atoms with Gasteiger partial charge < -0.3 is 14.3 Å². The van der Waals surface area contributed by atoms with E-state index in [0.717, 1.165) is 55.4 Å². The summed E-state index contributed by atoms with van der Waals surface area (Å²) in [7, 11) is -1.95. The van der Waals surface area contributed by atoms with Gasteiger partial charge in [0.25, 0.3) is 0 Å². The molecule has 5 unspecified atom stereocenters. The second kappa shape index (κ2) is 10.0. The Balaban J connectivity index is 1.37. The summed E-state index contributed by atoms with van der Waals surface area (Å²) < 4.78 is 28.4. The molecular formula is C27H35N3O5S2. The lowest BCUT2D eigenvalue weighted by Crippen LogP contribution is -2.44. The average Bonchev–Trinajstić information content (AvgIpc) is 3.36. The van der Waals surface area contributed by atoms with Gasteiger partial charge in [-0.15, -0.1) is 11.3 Å². The van der Waals surface area contributed by atoms with Gasteiger partial charge in [-0.2, -0.15) is 8.42 Å². The fraction of sp³-hybridized carbons (Fsp3) is 0.593. The first-order chi connectivity index (χ1) is 17.6. The molecule has 1 amide bonds. The molecule has 8 nitrogen and oxygen atoms in total. The zero-order valence-electron chi connectivity index (χ0n) is 21.8. The van der Waals surface area contributed by atoms with Crippen LogP contribution >= 0.6 is 11.3 Å². The molecule has 3 aliphatic carbocycles. The lowest BCUT2D eigenvalue weighted by molar-refractivity contribution is -0.116. The van der Waals surface area contributed by atoms with Gasteiger partial charge in [0, 0.05) is 22.9 Å². The number of fused-ring (bicyclic) bond motifs is 5. The highest BCUT2D eigenvalue weighted by Gasteiger charge is 2.57. The Morgan fingerprint density at radius 3 is 2.84 bits per heavy atom. The molecule has 0 bridgehead atoms. The van der Waals surface area contributed by atoms with Crippen molar-refractivity contribution in [3.05, 3.63) is 40.4 Å². The highest BCUT2D eigenvalue weighted by atomic mass is 32.2. The Kier molecular flexibility index (Phi) is 7.08. The molecule has 0 saturated heterocycles. The Hall–Kier alpha value is -2.46. The minimum Gasteiger partial charge on any atom is -0.399 e. The van der Waals surface area contributed by atoms with Crippen molar-refractivity contribution in [1.82, 2.24) is 4.98 Å². The van der Waals surface area contributed by atoms with Gasteiger partial charge in [0.2, 0.25) is 5.91 Å². The molecule has 2 saturated carbocycles. The van der Waals surface area contributed by atoms with E-state index >= 15 is 0 Å².